The molecule has 0 spiro atoms. The van der Waals surface area contributed by atoms with Gasteiger partial charge in [0, 0.05) is 19.2 Å². The Labute approximate surface area is 153 Å². The summed E-state index contributed by atoms with van der Waals surface area (Å²) < 4.78 is 7.27. The average Bonchev–Trinajstić information content (AvgIpc) is 3.01. The van der Waals surface area contributed by atoms with E-state index in [4.69, 9.17) is 21.9 Å². The zero-order chi connectivity index (χ0) is 18.8. The Morgan fingerprint density at radius 1 is 1.31 bits per heavy atom. The van der Waals surface area contributed by atoms with Crippen LogP contribution in [-0.2, 0) is 16.1 Å². The summed E-state index contributed by atoms with van der Waals surface area (Å²) in [5, 5.41) is 6.83. The number of nitrogens with one attached hydrogen (secondary N) is 1. The molecule has 2 rings (SSSR count). The van der Waals surface area contributed by atoms with Crippen molar-refractivity contribution in [3.8, 4) is 0 Å². The van der Waals surface area contributed by atoms with Crippen LogP contribution in [0.25, 0.3) is 0 Å². The Hall–Kier alpha value is -2.97. The Balaban J connectivity index is 1.54. The Kier molecular flexibility index (Phi) is 7.53. The highest BCUT2D eigenvalue weighted by Gasteiger charge is 2.07. The number of guanidine groups is 1. The molecule has 1 aliphatic rings. The van der Waals surface area contributed by atoms with E-state index in [1.165, 1.54) is 16.5 Å². The van der Waals surface area contributed by atoms with Gasteiger partial charge < -0.3 is 27.3 Å². The summed E-state index contributed by atoms with van der Waals surface area (Å²) in [6, 6.07) is 0. The summed E-state index contributed by atoms with van der Waals surface area (Å²) in [4.78, 5) is 15.7. The smallest absolute Gasteiger partial charge is 0.241 e. The third-order valence-corrected chi connectivity index (χ3v) is 3.80. The molecular formula is C17H27N7O2. The highest BCUT2D eigenvalue weighted by Crippen LogP contribution is 2.19. The molecule has 1 heterocycles. The number of hydrogen-bond acceptors (Lipinski definition) is 5. The van der Waals surface area contributed by atoms with Crippen LogP contribution in [0.4, 0.5) is 5.69 Å². The second-order valence-electron chi connectivity index (χ2n) is 6.08. The normalized spacial score (nSPS) is 13.5. The lowest BCUT2D eigenvalue weighted by Gasteiger charge is -2.15. The van der Waals surface area contributed by atoms with Crippen molar-refractivity contribution in [2.45, 2.75) is 32.2 Å². The molecule has 142 valence electrons. The van der Waals surface area contributed by atoms with Crippen LogP contribution >= 0.6 is 0 Å². The molecule has 1 aromatic rings. The number of nitrogen functional groups attached to an aromatic ring is 1. The van der Waals surface area contributed by atoms with Crippen molar-refractivity contribution in [1.29, 1.82) is 0 Å². The number of aliphatic imine (C=N–C) groups is 1. The van der Waals surface area contributed by atoms with Gasteiger partial charge in [0.25, 0.3) is 0 Å². The monoisotopic (exact) mass is 361 g/mol. The Morgan fingerprint density at radius 3 is 2.81 bits per heavy atom. The average molecular weight is 361 g/mol. The van der Waals surface area contributed by atoms with Crippen LogP contribution in [0, 0.1) is 0 Å². The number of carbonyl (C=O) groups is 1. The lowest BCUT2D eigenvalue weighted by molar-refractivity contribution is -0.121. The molecule has 0 aromatic carbocycles. The minimum Gasteiger partial charge on any atom is -0.498 e. The molecule has 0 radical (unpaired) electrons. The SMILES string of the molecule is NC(N)=NCC1=CC=C(OCCCCNC(=O)Cn2cc(N)cn2)CC1. The highest BCUT2D eigenvalue weighted by atomic mass is 16.5. The second kappa shape index (κ2) is 10.1. The van der Waals surface area contributed by atoms with Crippen molar-refractivity contribution in [3.05, 3.63) is 35.9 Å². The van der Waals surface area contributed by atoms with Crippen LogP contribution in [0.2, 0.25) is 0 Å². The van der Waals surface area contributed by atoms with E-state index in [0.29, 0.717) is 25.4 Å². The summed E-state index contributed by atoms with van der Waals surface area (Å²) in [5.74, 6) is 0.999. The largest absolute Gasteiger partial charge is 0.498 e. The molecule has 1 aromatic heterocycles. The first kappa shape index (κ1) is 19.4. The molecule has 9 heteroatoms. The molecule has 0 aliphatic heterocycles. The van der Waals surface area contributed by atoms with E-state index < -0.39 is 0 Å². The minimum atomic E-state index is -0.0811. The number of rotatable bonds is 10. The highest BCUT2D eigenvalue weighted by molar-refractivity contribution is 5.76. The van der Waals surface area contributed by atoms with Crippen molar-refractivity contribution in [3.63, 3.8) is 0 Å². The van der Waals surface area contributed by atoms with Gasteiger partial charge in [-0.1, -0.05) is 6.08 Å². The maximum atomic E-state index is 11.7. The predicted octanol–water partition coefficient (Wildman–Crippen LogP) is 0.256. The molecule has 0 unspecified atom stereocenters. The van der Waals surface area contributed by atoms with Gasteiger partial charge in [0.2, 0.25) is 5.91 Å². The van der Waals surface area contributed by atoms with Gasteiger partial charge in [-0.3, -0.25) is 9.48 Å². The number of ether oxygens (including phenoxy) is 1. The van der Waals surface area contributed by atoms with E-state index in [9.17, 15) is 4.79 Å². The quantitative estimate of drug-likeness (QED) is 0.267. The number of nitrogens with zero attached hydrogens (tertiary/aromatic N) is 3. The number of hydrogen-bond donors (Lipinski definition) is 4. The van der Waals surface area contributed by atoms with Crippen molar-refractivity contribution < 1.29 is 9.53 Å². The molecule has 0 atom stereocenters. The standard InChI is InChI=1S/C17H27N7O2/c18-14-10-23-24(11-14)12-16(25)21-7-1-2-8-26-15-5-3-13(4-6-15)9-22-17(19)20/h3,5,10-11H,1-2,4,6-9,12,18H2,(H,21,25)(H4,19,20,22). The zero-order valence-corrected chi connectivity index (χ0v) is 14.9. The molecular weight excluding hydrogens is 334 g/mol. The van der Waals surface area contributed by atoms with Gasteiger partial charge in [0.1, 0.15) is 6.54 Å². The second-order valence-corrected chi connectivity index (χ2v) is 6.08. The number of nitrogens with two attached hydrogens (primary N) is 3. The van der Waals surface area contributed by atoms with Gasteiger partial charge in [-0.05, 0) is 30.9 Å². The van der Waals surface area contributed by atoms with Crippen LogP contribution in [-0.4, -0.2) is 41.3 Å². The first-order valence-electron chi connectivity index (χ1n) is 8.64. The van der Waals surface area contributed by atoms with Gasteiger partial charge in [-0.15, -0.1) is 0 Å². The Bertz CT molecular complexity index is 687. The van der Waals surface area contributed by atoms with Crippen LogP contribution in [0.1, 0.15) is 25.7 Å². The predicted molar refractivity (Wildman–Crippen MR) is 101 cm³/mol. The number of carbonyl (C=O) groups excluding carboxylic acids is 1. The number of aromatic nitrogens is 2. The summed E-state index contributed by atoms with van der Waals surface area (Å²) in [6.45, 7) is 1.96. The fourth-order valence-electron chi connectivity index (χ4n) is 2.43. The summed E-state index contributed by atoms with van der Waals surface area (Å²) in [5.41, 5.74) is 17.9. The van der Waals surface area contributed by atoms with E-state index in [2.05, 4.69) is 15.4 Å². The fraction of sp³-hybridized carbons (Fsp3) is 0.471. The Morgan fingerprint density at radius 2 is 2.15 bits per heavy atom. The van der Waals surface area contributed by atoms with Crippen molar-refractivity contribution >= 4 is 17.6 Å². The van der Waals surface area contributed by atoms with E-state index in [1.807, 2.05) is 12.2 Å². The van der Waals surface area contributed by atoms with Gasteiger partial charge >= 0.3 is 0 Å². The molecule has 0 fully saturated rings. The maximum absolute atomic E-state index is 11.7. The number of amides is 1. The third kappa shape index (κ3) is 7.29. The first-order valence-corrected chi connectivity index (χ1v) is 8.64. The van der Waals surface area contributed by atoms with E-state index in [-0.39, 0.29) is 18.4 Å². The lowest BCUT2D eigenvalue weighted by Crippen LogP contribution is -2.28. The molecule has 1 amide bonds. The molecule has 0 saturated heterocycles. The molecule has 1 aliphatic carbocycles. The van der Waals surface area contributed by atoms with Crippen molar-refractivity contribution in [2.75, 3.05) is 25.4 Å². The van der Waals surface area contributed by atoms with Gasteiger partial charge in [0.05, 0.1) is 30.8 Å². The lowest BCUT2D eigenvalue weighted by atomic mass is 10.0. The zero-order valence-electron chi connectivity index (χ0n) is 14.9. The van der Waals surface area contributed by atoms with Crippen LogP contribution in [0.15, 0.2) is 40.9 Å². The minimum absolute atomic E-state index is 0.0811. The third-order valence-electron chi connectivity index (χ3n) is 3.80. The number of allylic oxidation sites excluding steroid dienone is 3. The van der Waals surface area contributed by atoms with Gasteiger partial charge in [-0.2, -0.15) is 5.10 Å². The summed E-state index contributed by atoms with van der Waals surface area (Å²) >= 11 is 0. The van der Waals surface area contributed by atoms with Gasteiger partial charge in [-0.25, -0.2) is 4.99 Å². The maximum Gasteiger partial charge on any atom is 0.241 e. The van der Waals surface area contributed by atoms with Gasteiger partial charge in [0.15, 0.2) is 5.96 Å². The van der Waals surface area contributed by atoms with Crippen molar-refractivity contribution in [1.82, 2.24) is 15.1 Å². The summed E-state index contributed by atoms with van der Waals surface area (Å²) in [7, 11) is 0. The molecule has 26 heavy (non-hydrogen) atoms. The molecule has 0 saturated carbocycles. The number of unbranched alkanes of at least 4 members (excludes halogenated alkanes) is 1. The van der Waals surface area contributed by atoms with E-state index >= 15 is 0 Å². The van der Waals surface area contributed by atoms with E-state index in [0.717, 1.165) is 31.4 Å². The van der Waals surface area contributed by atoms with E-state index in [1.54, 1.807) is 6.20 Å². The van der Waals surface area contributed by atoms with Crippen molar-refractivity contribution in [2.24, 2.45) is 16.5 Å². The topological polar surface area (TPSA) is 147 Å². The van der Waals surface area contributed by atoms with Crippen LogP contribution < -0.4 is 22.5 Å². The van der Waals surface area contributed by atoms with Crippen LogP contribution in [0.3, 0.4) is 0 Å². The molecule has 9 nitrogen and oxygen atoms in total. The molecule has 0 bridgehead atoms. The molecule has 7 N–H and O–H groups in total. The van der Waals surface area contributed by atoms with Crippen LogP contribution in [0.5, 0.6) is 0 Å². The summed E-state index contributed by atoms with van der Waals surface area (Å²) in [6.07, 6.45) is 10.6. The first-order chi connectivity index (χ1) is 12.5. The number of anilines is 1. The fourth-order valence-corrected chi connectivity index (χ4v) is 2.43.